The van der Waals surface area contributed by atoms with E-state index >= 15 is 0 Å². The first-order chi connectivity index (χ1) is 18.4. The average molecular weight is 547 g/mol. The van der Waals surface area contributed by atoms with Crippen LogP contribution in [-0.2, 0) is 6.54 Å². The maximum absolute atomic E-state index is 13.9. The van der Waals surface area contributed by atoms with Gasteiger partial charge < -0.3 is 10.6 Å². The Bertz CT molecular complexity index is 1580. The largest absolute Gasteiger partial charge is 0.383 e. The summed E-state index contributed by atoms with van der Waals surface area (Å²) in [5.74, 6) is -0.543. The van der Waals surface area contributed by atoms with Crippen molar-refractivity contribution in [2.75, 3.05) is 17.2 Å². The van der Waals surface area contributed by atoms with E-state index in [0.717, 1.165) is 17.5 Å². The summed E-state index contributed by atoms with van der Waals surface area (Å²) in [6.45, 7) is 11.8. The van der Waals surface area contributed by atoms with E-state index in [2.05, 4.69) is 64.7 Å². The minimum atomic E-state index is -0.543. The predicted octanol–water partition coefficient (Wildman–Crippen LogP) is 6.65. The Hall–Kier alpha value is -3.77. The molecule has 8 nitrogen and oxygen atoms in total. The van der Waals surface area contributed by atoms with Gasteiger partial charge in [-0.2, -0.15) is 9.65 Å². The van der Waals surface area contributed by atoms with Crippen LogP contribution in [0.25, 0.3) is 10.9 Å². The highest BCUT2D eigenvalue weighted by molar-refractivity contribution is 6.35. The second-order valence-electron chi connectivity index (χ2n) is 12.0. The number of hydrogen-bond acceptors (Lipinski definition) is 7. The molecule has 3 heterocycles. The van der Waals surface area contributed by atoms with Crippen LogP contribution < -0.4 is 10.6 Å². The van der Waals surface area contributed by atoms with Crippen LogP contribution in [-0.4, -0.2) is 31.5 Å². The zero-order valence-corrected chi connectivity index (χ0v) is 23.6. The van der Waals surface area contributed by atoms with Crippen molar-refractivity contribution in [2.45, 2.75) is 60.0 Å². The Labute approximate surface area is 232 Å². The highest BCUT2D eigenvalue weighted by Gasteiger charge is 2.38. The van der Waals surface area contributed by atoms with E-state index in [1.54, 1.807) is 25.3 Å². The van der Waals surface area contributed by atoms with E-state index in [0.29, 0.717) is 45.4 Å². The van der Waals surface area contributed by atoms with Crippen LogP contribution >= 0.6 is 11.6 Å². The van der Waals surface area contributed by atoms with Gasteiger partial charge in [-0.3, -0.25) is 9.67 Å². The average Bonchev–Trinajstić information content (AvgIpc) is 3.41. The first-order valence-corrected chi connectivity index (χ1v) is 13.4. The van der Waals surface area contributed by atoms with Crippen LogP contribution in [0.4, 0.5) is 15.8 Å². The molecule has 1 atom stereocenters. The van der Waals surface area contributed by atoms with Gasteiger partial charge in [0.25, 0.3) is 0 Å². The van der Waals surface area contributed by atoms with Crippen molar-refractivity contribution < 1.29 is 4.39 Å². The molecule has 0 amide bonds. The summed E-state index contributed by atoms with van der Waals surface area (Å²) in [5.41, 5.74) is 4.66. The van der Waals surface area contributed by atoms with E-state index in [9.17, 15) is 9.65 Å². The number of rotatable bonds is 8. The molecule has 202 valence electrons. The number of nitriles is 1. The molecule has 39 heavy (non-hydrogen) atoms. The van der Waals surface area contributed by atoms with E-state index < -0.39 is 12.0 Å². The Morgan fingerprint density at radius 2 is 2.03 bits per heavy atom. The zero-order valence-electron chi connectivity index (χ0n) is 22.8. The van der Waals surface area contributed by atoms with Gasteiger partial charge in [-0.25, -0.2) is 4.98 Å². The zero-order chi connectivity index (χ0) is 27.9. The van der Waals surface area contributed by atoms with Crippen LogP contribution in [0.3, 0.4) is 0 Å². The molecule has 1 unspecified atom stereocenters. The molecular weight excluding hydrogens is 515 g/mol. The van der Waals surface area contributed by atoms with Crippen molar-refractivity contribution in [3.05, 3.63) is 70.1 Å². The normalized spacial score (nSPS) is 15.1. The minimum Gasteiger partial charge on any atom is -0.383 e. The predicted molar refractivity (Wildman–Crippen MR) is 151 cm³/mol. The van der Waals surface area contributed by atoms with Gasteiger partial charge in [-0.15, -0.1) is 5.10 Å². The molecule has 3 aromatic heterocycles. The van der Waals surface area contributed by atoms with Gasteiger partial charge in [0.1, 0.15) is 11.8 Å². The highest BCUT2D eigenvalue weighted by Crippen LogP contribution is 2.46. The molecular formula is C29H32ClFN8. The maximum atomic E-state index is 13.9. The number of benzene rings is 1. The number of nitrogens with one attached hydrogen (secondary N) is 2. The highest BCUT2D eigenvalue weighted by atomic mass is 35.5. The van der Waals surface area contributed by atoms with Crippen molar-refractivity contribution in [1.82, 2.24) is 25.0 Å². The molecule has 10 heteroatoms. The van der Waals surface area contributed by atoms with Gasteiger partial charge in [0.05, 0.1) is 34.0 Å². The van der Waals surface area contributed by atoms with Crippen LogP contribution in [0.15, 0.2) is 36.7 Å². The number of hydrogen-bond donors (Lipinski definition) is 2. The first-order valence-electron chi connectivity index (χ1n) is 13.0. The van der Waals surface area contributed by atoms with Crippen LogP contribution in [0.5, 0.6) is 0 Å². The molecule has 1 aliphatic carbocycles. The molecule has 1 fully saturated rings. The third-order valence-corrected chi connectivity index (χ3v) is 7.34. The number of nitrogens with zero attached hydrogens (tertiary/aromatic N) is 6. The Balaban J connectivity index is 1.58. The molecule has 0 radical (unpaired) electrons. The summed E-state index contributed by atoms with van der Waals surface area (Å²) >= 11 is 6.72. The smallest absolute Gasteiger partial charge is 0.213 e. The maximum Gasteiger partial charge on any atom is 0.213 e. The van der Waals surface area contributed by atoms with Gasteiger partial charge in [0.2, 0.25) is 5.95 Å². The number of pyridine rings is 2. The Morgan fingerprint density at radius 3 is 2.69 bits per heavy atom. The van der Waals surface area contributed by atoms with Gasteiger partial charge >= 0.3 is 0 Å². The van der Waals surface area contributed by atoms with Gasteiger partial charge in [-0.05, 0) is 48.8 Å². The fourth-order valence-corrected chi connectivity index (χ4v) is 4.85. The molecule has 1 aromatic carbocycles. The SMILES string of the molecule is Cc1nc(F)ccc1C(Nc1cc(Cl)c2ncc(C#N)c(NCC(C)(C)C)c2c1)c1cn(CC2(C)CC2)nn1. The molecule has 5 rings (SSSR count). The van der Waals surface area contributed by atoms with Crippen LogP contribution in [0, 0.1) is 35.0 Å². The fourth-order valence-electron chi connectivity index (χ4n) is 4.58. The van der Waals surface area contributed by atoms with Gasteiger partial charge in [0, 0.05) is 41.6 Å². The quantitative estimate of drug-likeness (QED) is 0.238. The summed E-state index contributed by atoms with van der Waals surface area (Å²) in [6, 6.07) is 8.55. The third-order valence-electron chi connectivity index (χ3n) is 7.05. The molecule has 0 aliphatic heterocycles. The van der Waals surface area contributed by atoms with E-state index in [-0.39, 0.29) is 10.8 Å². The number of halogens is 2. The van der Waals surface area contributed by atoms with Crippen molar-refractivity contribution >= 4 is 33.9 Å². The second-order valence-corrected chi connectivity index (χ2v) is 12.4. The van der Waals surface area contributed by atoms with E-state index in [1.807, 2.05) is 16.9 Å². The van der Waals surface area contributed by atoms with E-state index in [1.165, 1.54) is 18.9 Å². The van der Waals surface area contributed by atoms with Crippen molar-refractivity contribution in [3.63, 3.8) is 0 Å². The molecule has 4 aromatic rings. The lowest BCUT2D eigenvalue weighted by Gasteiger charge is -2.23. The second kappa shape index (κ2) is 10.1. The number of aromatic nitrogens is 5. The Morgan fingerprint density at radius 1 is 1.26 bits per heavy atom. The molecule has 0 bridgehead atoms. The van der Waals surface area contributed by atoms with Crippen LogP contribution in [0.1, 0.15) is 69.1 Å². The summed E-state index contributed by atoms with van der Waals surface area (Å²) in [5, 5.41) is 26.8. The van der Waals surface area contributed by atoms with Crippen molar-refractivity contribution in [3.8, 4) is 6.07 Å². The molecule has 2 N–H and O–H groups in total. The third kappa shape index (κ3) is 5.96. The lowest BCUT2D eigenvalue weighted by Crippen LogP contribution is -2.20. The van der Waals surface area contributed by atoms with Crippen LogP contribution in [0.2, 0.25) is 5.02 Å². The van der Waals surface area contributed by atoms with Crippen molar-refractivity contribution in [2.24, 2.45) is 10.8 Å². The Kier molecular flexibility index (Phi) is 6.93. The minimum absolute atomic E-state index is 0.0104. The molecule has 1 saturated carbocycles. The number of fused-ring (bicyclic) bond motifs is 1. The van der Waals surface area contributed by atoms with Gasteiger partial charge in [0.15, 0.2) is 0 Å². The molecule has 0 saturated heterocycles. The molecule has 0 spiro atoms. The van der Waals surface area contributed by atoms with Gasteiger partial charge in [-0.1, -0.05) is 50.6 Å². The standard InChI is InChI=1S/C29H32ClFN8/c1-17-20(6-7-24(31)35-17)27(23-14-39(38-37-23)16-29(5)8-9-29)36-19-10-21-25(34-15-28(2,3)4)18(12-32)13-33-26(21)22(30)11-19/h6-7,10-11,13-14,27,36H,8-9,15-16H2,1-5H3,(H,33,34). The lowest BCUT2D eigenvalue weighted by molar-refractivity contribution is 0.424. The summed E-state index contributed by atoms with van der Waals surface area (Å²) in [6.07, 6.45) is 5.81. The number of anilines is 2. The monoisotopic (exact) mass is 546 g/mol. The van der Waals surface area contributed by atoms with Crippen molar-refractivity contribution in [1.29, 1.82) is 5.26 Å². The lowest BCUT2D eigenvalue weighted by atomic mass is 9.96. The van der Waals surface area contributed by atoms with E-state index in [4.69, 9.17) is 11.6 Å². The first kappa shape index (κ1) is 26.8. The summed E-state index contributed by atoms with van der Waals surface area (Å²) in [4.78, 5) is 8.51. The topological polar surface area (TPSA) is 104 Å². The molecule has 1 aliphatic rings. The fraction of sp³-hybridized carbons (Fsp3) is 0.414. The summed E-state index contributed by atoms with van der Waals surface area (Å²) in [7, 11) is 0. The summed E-state index contributed by atoms with van der Waals surface area (Å²) < 4.78 is 15.8. The number of aryl methyl sites for hydroxylation is 1.